The molecule has 0 saturated carbocycles. The molecule has 2 N–H and O–H groups in total. The van der Waals surface area contributed by atoms with Gasteiger partial charge in [0.25, 0.3) is 0 Å². The van der Waals surface area contributed by atoms with E-state index in [2.05, 4.69) is 14.7 Å². The van der Waals surface area contributed by atoms with Crippen molar-refractivity contribution in [3.63, 3.8) is 0 Å². The minimum Gasteiger partial charge on any atom is -0.345 e. The summed E-state index contributed by atoms with van der Waals surface area (Å²) >= 11 is 5.96. The normalized spacial score (nSPS) is 11.6. The Kier molecular flexibility index (Phi) is 5.99. The van der Waals surface area contributed by atoms with Crippen molar-refractivity contribution in [3.8, 4) is 11.1 Å². The fraction of sp³-hybridized carbons (Fsp3) is 0.130. The summed E-state index contributed by atoms with van der Waals surface area (Å²) in [7, 11) is -3.70. The Morgan fingerprint density at radius 1 is 1.12 bits per heavy atom. The molecule has 4 aromatic rings. The van der Waals surface area contributed by atoms with Gasteiger partial charge in [0.15, 0.2) is 5.78 Å². The third kappa shape index (κ3) is 4.51. The molecule has 0 bridgehead atoms. The summed E-state index contributed by atoms with van der Waals surface area (Å²) in [6.07, 6.45) is 3.61. The number of nitrogens with one attached hydrogen (secondary N) is 2. The lowest BCUT2D eigenvalue weighted by Gasteiger charge is -2.10. The standard InChI is InChI=1S/C23H19ClFN3O3S/c1-2-9-32(30,31)28-21-11-15(5-8-20(21)25)22(29)19-13-27-23-18(19)10-16(12-26-23)14-3-6-17(24)7-4-14/h3-8,10-13,28H,2,9H2,1H3,(H,26,27). The zero-order valence-corrected chi connectivity index (χ0v) is 18.6. The van der Waals surface area contributed by atoms with Gasteiger partial charge >= 0.3 is 0 Å². The van der Waals surface area contributed by atoms with Crippen LogP contribution < -0.4 is 4.72 Å². The number of pyridine rings is 1. The lowest BCUT2D eigenvalue weighted by molar-refractivity contribution is 0.104. The number of benzene rings is 2. The number of hydrogen-bond donors (Lipinski definition) is 2. The summed E-state index contributed by atoms with van der Waals surface area (Å²) in [5.41, 5.74) is 2.45. The first kappa shape index (κ1) is 22.0. The van der Waals surface area contributed by atoms with Crippen molar-refractivity contribution in [3.05, 3.63) is 82.9 Å². The summed E-state index contributed by atoms with van der Waals surface area (Å²) in [6.45, 7) is 1.71. The highest BCUT2D eigenvalue weighted by Gasteiger charge is 2.19. The number of nitrogens with zero attached hydrogens (tertiary/aromatic N) is 1. The van der Waals surface area contributed by atoms with Crippen molar-refractivity contribution in [2.45, 2.75) is 13.3 Å². The minimum absolute atomic E-state index is 0.147. The third-order valence-corrected chi connectivity index (χ3v) is 6.65. The van der Waals surface area contributed by atoms with E-state index in [4.69, 9.17) is 11.6 Å². The molecule has 0 aliphatic carbocycles. The van der Waals surface area contributed by atoms with Crippen LogP contribution in [0.2, 0.25) is 5.02 Å². The Bertz CT molecular complexity index is 1420. The Morgan fingerprint density at radius 2 is 1.88 bits per heavy atom. The smallest absolute Gasteiger partial charge is 0.232 e. The van der Waals surface area contributed by atoms with Crippen molar-refractivity contribution in [1.29, 1.82) is 0 Å². The molecule has 2 heterocycles. The lowest BCUT2D eigenvalue weighted by Crippen LogP contribution is -2.17. The number of H-pyrrole nitrogens is 1. The summed E-state index contributed by atoms with van der Waals surface area (Å²) in [4.78, 5) is 20.6. The van der Waals surface area contributed by atoms with Crippen LogP contribution in [-0.2, 0) is 10.0 Å². The van der Waals surface area contributed by atoms with Gasteiger partial charge in [-0.15, -0.1) is 0 Å². The number of halogens is 2. The van der Waals surface area contributed by atoms with Crippen molar-refractivity contribution in [2.24, 2.45) is 0 Å². The number of fused-ring (bicyclic) bond motifs is 1. The van der Waals surface area contributed by atoms with Crippen LogP contribution >= 0.6 is 11.6 Å². The van der Waals surface area contributed by atoms with E-state index < -0.39 is 15.8 Å². The number of sulfonamides is 1. The molecule has 6 nitrogen and oxygen atoms in total. The van der Waals surface area contributed by atoms with Crippen LogP contribution in [0.15, 0.2) is 60.9 Å². The first-order chi connectivity index (χ1) is 15.3. The Balaban J connectivity index is 1.72. The van der Waals surface area contributed by atoms with Crippen LogP contribution in [0, 0.1) is 5.82 Å². The van der Waals surface area contributed by atoms with Crippen LogP contribution in [0.3, 0.4) is 0 Å². The summed E-state index contributed by atoms with van der Waals surface area (Å²) in [6, 6.07) is 12.7. The molecule has 0 unspecified atom stereocenters. The fourth-order valence-corrected chi connectivity index (χ4v) is 4.64. The number of ketones is 1. The lowest BCUT2D eigenvalue weighted by atomic mass is 10.0. The zero-order valence-electron chi connectivity index (χ0n) is 17.0. The molecule has 0 aliphatic rings. The van der Waals surface area contributed by atoms with Gasteiger partial charge in [-0.1, -0.05) is 30.7 Å². The Morgan fingerprint density at radius 3 is 2.59 bits per heavy atom. The van der Waals surface area contributed by atoms with E-state index in [0.29, 0.717) is 28.0 Å². The number of hydrogen-bond acceptors (Lipinski definition) is 4. The quantitative estimate of drug-likeness (QED) is 0.353. The highest BCUT2D eigenvalue weighted by atomic mass is 35.5. The molecule has 2 aromatic carbocycles. The summed E-state index contributed by atoms with van der Waals surface area (Å²) < 4.78 is 40.5. The number of rotatable bonds is 7. The van der Waals surface area contributed by atoms with Gasteiger partial charge in [-0.25, -0.2) is 17.8 Å². The molecule has 32 heavy (non-hydrogen) atoms. The Hall–Kier alpha value is -3.23. The second kappa shape index (κ2) is 8.72. The van der Waals surface area contributed by atoms with Gasteiger partial charge in [-0.3, -0.25) is 9.52 Å². The van der Waals surface area contributed by atoms with Crippen LogP contribution in [0.4, 0.5) is 10.1 Å². The van der Waals surface area contributed by atoms with E-state index >= 15 is 0 Å². The second-order valence-corrected chi connectivity index (χ2v) is 9.55. The van der Waals surface area contributed by atoms with Gasteiger partial charge in [-0.05, 0) is 48.4 Å². The van der Waals surface area contributed by atoms with Gasteiger partial charge in [-0.2, -0.15) is 0 Å². The molecule has 164 valence electrons. The fourth-order valence-electron chi connectivity index (χ4n) is 3.38. The highest BCUT2D eigenvalue weighted by Crippen LogP contribution is 2.28. The van der Waals surface area contributed by atoms with Gasteiger partial charge in [0, 0.05) is 39.5 Å². The topological polar surface area (TPSA) is 91.9 Å². The van der Waals surface area contributed by atoms with Crippen LogP contribution in [0.5, 0.6) is 0 Å². The maximum absolute atomic E-state index is 14.2. The average molecular weight is 472 g/mol. The SMILES string of the molecule is CCCS(=O)(=O)Nc1cc(C(=O)c2c[nH]c3ncc(-c4ccc(Cl)cc4)cc23)ccc1F. The number of carbonyl (C=O) groups excluding carboxylic acids is 1. The van der Waals surface area contributed by atoms with E-state index in [1.807, 2.05) is 18.2 Å². The third-order valence-electron chi connectivity index (χ3n) is 4.92. The van der Waals surface area contributed by atoms with Crippen molar-refractivity contribution >= 4 is 44.1 Å². The van der Waals surface area contributed by atoms with E-state index in [1.165, 1.54) is 18.3 Å². The molecule has 2 aromatic heterocycles. The maximum Gasteiger partial charge on any atom is 0.232 e. The van der Waals surface area contributed by atoms with Crippen molar-refractivity contribution < 1.29 is 17.6 Å². The van der Waals surface area contributed by atoms with Crippen molar-refractivity contribution in [1.82, 2.24) is 9.97 Å². The number of aromatic amines is 1. The van der Waals surface area contributed by atoms with Crippen LogP contribution in [0.1, 0.15) is 29.3 Å². The summed E-state index contributed by atoms with van der Waals surface area (Å²) in [5, 5.41) is 1.21. The van der Waals surface area contributed by atoms with Gasteiger partial charge in [0.1, 0.15) is 11.5 Å². The first-order valence-electron chi connectivity index (χ1n) is 9.85. The first-order valence-corrected chi connectivity index (χ1v) is 11.9. The molecule has 0 saturated heterocycles. The van der Waals surface area contributed by atoms with E-state index in [9.17, 15) is 17.6 Å². The second-order valence-electron chi connectivity index (χ2n) is 7.27. The Labute approximate surface area is 189 Å². The van der Waals surface area contributed by atoms with Crippen LogP contribution in [0.25, 0.3) is 22.2 Å². The molecular weight excluding hydrogens is 453 g/mol. The molecule has 4 rings (SSSR count). The molecule has 0 amide bonds. The summed E-state index contributed by atoms with van der Waals surface area (Å²) in [5.74, 6) is -1.29. The molecule has 9 heteroatoms. The van der Waals surface area contributed by atoms with Gasteiger partial charge < -0.3 is 4.98 Å². The van der Waals surface area contributed by atoms with E-state index in [0.717, 1.165) is 17.2 Å². The molecule has 0 aliphatic heterocycles. The molecule has 0 radical (unpaired) electrons. The van der Waals surface area contributed by atoms with Gasteiger partial charge in [0.05, 0.1) is 11.4 Å². The number of carbonyl (C=O) groups is 1. The molecule has 0 atom stereocenters. The number of aromatic nitrogens is 2. The average Bonchev–Trinajstić information content (AvgIpc) is 3.18. The minimum atomic E-state index is -3.70. The zero-order chi connectivity index (χ0) is 22.9. The predicted octanol–water partition coefficient (Wildman–Crippen LogP) is 5.41. The molecule has 0 fully saturated rings. The number of anilines is 1. The largest absolute Gasteiger partial charge is 0.345 e. The molecular formula is C23H19ClFN3O3S. The monoisotopic (exact) mass is 471 g/mol. The maximum atomic E-state index is 14.2. The van der Waals surface area contributed by atoms with Gasteiger partial charge in [0.2, 0.25) is 10.0 Å². The van der Waals surface area contributed by atoms with Crippen LogP contribution in [-0.4, -0.2) is 29.9 Å². The van der Waals surface area contributed by atoms with E-state index in [1.54, 1.807) is 25.3 Å². The van der Waals surface area contributed by atoms with E-state index in [-0.39, 0.29) is 22.8 Å². The molecule has 0 spiro atoms. The predicted molar refractivity (Wildman–Crippen MR) is 124 cm³/mol. The van der Waals surface area contributed by atoms with Crippen molar-refractivity contribution in [2.75, 3.05) is 10.5 Å². The highest BCUT2D eigenvalue weighted by molar-refractivity contribution is 7.92.